The Morgan fingerprint density at radius 3 is 2.43 bits per heavy atom. The van der Waals surface area contributed by atoms with Gasteiger partial charge in [0.1, 0.15) is 0 Å². The third kappa shape index (κ3) is 3.85. The second-order valence-corrected chi connectivity index (χ2v) is 8.24. The lowest BCUT2D eigenvalue weighted by atomic mass is 10.0. The molecule has 0 saturated heterocycles. The molecule has 2 nitrogen and oxygen atoms in total. The van der Waals surface area contributed by atoms with E-state index in [9.17, 15) is 5.26 Å². The van der Waals surface area contributed by atoms with Gasteiger partial charge in [-0.05, 0) is 42.8 Å². The van der Waals surface area contributed by atoms with Crippen LogP contribution in [0.3, 0.4) is 0 Å². The van der Waals surface area contributed by atoms with Crippen LogP contribution < -0.4 is 0 Å². The Labute approximate surface area is 190 Å². The first-order valence-electron chi connectivity index (χ1n) is 9.38. The van der Waals surface area contributed by atoms with E-state index >= 15 is 0 Å². The Hall–Kier alpha value is -2.70. The van der Waals surface area contributed by atoms with Crippen LogP contribution in [-0.2, 0) is 6.54 Å². The van der Waals surface area contributed by atoms with Gasteiger partial charge in [-0.25, -0.2) is 0 Å². The van der Waals surface area contributed by atoms with Crippen molar-refractivity contribution in [2.75, 3.05) is 0 Å². The van der Waals surface area contributed by atoms with Crippen LogP contribution in [0.15, 0.2) is 66.7 Å². The zero-order chi connectivity index (χ0) is 21.3. The largest absolute Gasteiger partial charge is 0.340 e. The van der Waals surface area contributed by atoms with Crippen LogP contribution in [0.5, 0.6) is 0 Å². The monoisotopic (exact) mass is 450 g/mol. The summed E-state index contributed by atoms with van der Waals surface area (Å²) < 4.78 is 2.21. The standard InChI is InChI=1S/C25H17Cl3N2/c1-16-22(12-18(14-29)20-6-2-4-8-23(20)27)21-7-3-5-9-25(21)30(16)15-17-10-11-19(26)13-24(17)28/h2-13H,15H2,1H3. The Morgan fingerprint density at radius 1 is 0.967 bits per heavy atom. The maximum Gasteiger partial charge on any atom is 0.0998 e. The van der Waals surface area contributed by atoms with Gasteiger partial charge in [-0.15, -0.1) is 0 Å². The van der Waals surface area contributed by atoms with Crippen molar-refractivity contribution < 1.29 is 0 Å². The van der Waals surface area contributed by atoms with Crippen molar-refractivity contribution in [1.29, 1.82) is 5.26 Å². The summed E-state index contributed by atoms with van der Waals surface area (Å²) in [4.78, 5) is 0. The Kier molecular flexibility index (Phi) is 5.88. The number of fused-ring (bicyclic) bond motifs is 1. The van der Waals surface area contributed by atoms with Crippen LogP contribution in [-0.4, -0.2) is 4.57 Å². The number of halogens is 3. The molecule has 0 radical (unpaired) electrons. The van der Waals surface area contributed by atoms with Gasteiger partial charge in [0, 0.05) is 49.3 Å². The molecule has 4 aromatic rings. The minimum atomic E-state index is 0.524. The Bertz CT molecular complexity index is 1330. The third-order valence-electron chi connectivity index (χ3n) is 5.20. The maximum atomic E-state index is 9.82. The number of para-hydroxylation sites is 1. The van der Waals surface area contributed by atoms with Crippen molar-refractivity contribution >= 4 is 57.4 Å². The fraction of sp³-hybridized carbons (Fsp3) is 0.0800. The second kappa shape index (κ2) is 8.58. The summed E-state index contributed by atoms with van der Waals surface area (Å²) in [5.41, 5.74) is 5.33. The van der Waals surface area contributed by atoms with Gasteiger partial charge < -0.3 is 4.57 Å². The summed E-state index contributed by atoms with van der Waals surface area (Å²) in [6.07, 6.45) is 1.92. The molecule has 0 N–H and O–H groups in total. The van der Waals surface area contributed by atoms with Crippen LogP contribution in [0.2, 0.25) is 15.1 Å². The quantitative estimate of drug-likeness (QED) is 0.289. The van der Waals surface area contributed by atoms with Crippen molar-refractivity contribution in [3.8, 4) is 6.07 Å². The molecule has 0 atom stereocenters. The molecule has 3 aromatic carbocycles. The molecule has 0 aliphatic carbocycles. The first-order chi connectivity index (χ1) is 14.5. The minimum Gasteiger partial charge on any atom is -0.340 e. The molecular weight excluding hydrogens is 435 g/mol. The van der Waals surface area contributed by atoms with Gasteiger partial charge in [0.05, 0.1) is 11.6 Å². The molecule has 30 heavy (non-hydrogen) atoms. The van der Waals surface area contributed by atoms with Gasteiger partial charge >= 0.3 is 0 Å². The van der Waals surface area contributed by atoms with Crippen LogP contribution in [0, 0.1) is 18.3 Å². The number of aromatic nitrogens is 1. The van der Waals surface area contributed by atoms with Crippen LogP contribution in [0.4, 0.5) is 0 Å². The molecule has 0 bridgehead atoms. The van der Waals surface area contributed by atoms with E-state index in [1.54, 1.807) is 12.1 Å². The van der Waals surface area contributed by atoms with E-state index in [4.69, 9.17) is 34.8 Å². The average Bonchev–Trinajstić information content (AvgIpc) is 3.00. The van der Waals surface area contributed by atoms with E-state index < -0.39 is 0 Å². The first kappa shape index (κ1) is 20.6. The van der Waals surface area contributed by atoms with Gasteiger partial charge in [0.25, 0.3) is 0 Å². The van der Waals surface area contributed by atoms with Gasteiger partial charge in [-0.3, -0.25) is 0 Å². The van der Waals surface area contributed by atoms with E-state index in [1.165, 1.54) is 0 Å². The summed E-state index contributed by atoms with van der Waals surface area (Å²) in [6.45, 7) is 2.65. The summed E-state index contributed by atoms with van der Waals surface area (Å²) >= 11 is 18.8. The van der Waals surface area contributed by atoms with E-state index in [1.807, 2.05) is 48.5 Å². The van der Waals surface area contributed by atoms with Crippen molar-refractivity contribution in [3.05, 3.63) is 104 Å². The topological polar surface area (TPSA) is 28.7 Å². The summed E-state index contributed by atoms with van der Waals surface area (Å²) in [5, 5.41) is 12.7. The molecule has 0 saturated carbocycles. The zero-order valence-electron chi connectivity index (χ0n) is 16.2. The third-order valence-corrected chi connectivity index (χ3v) is 6.11. The maximum absolute atomic E-state index is 9.82. The predicted octanol–water partition coefficient (Wildman–Crippen LogP) is 8.02. The summed E-state index contributed by atoms with van der Waals surface area (Å²) in [7, 11) is 0. The first-order valence-corrected chi connectivity index (χ1v) is 10.5. The summed E-state index contributed by atoms with van der Waals surface area (Å²) in [5.74, 6) is 0. The molecule has 0 fully saturated rings. The lowest BCUT2D eigenvalue weighted by Gasteiger charge is -2.11. The number of hydrogen-bond acceptors (Lipinski definition) is 1. The van der Waals surface area contributed by atoms with Gasteiger partial charge in [-0.2, -0.15) is 5.26 Å². The highest BCUT2D eigenvalue weighted by Gasteiger charge is 2.15. The SMILES string of the molecule is Cc1c(C=C(C#N)c2ccccc2Cl)c2ccccc2n1Cc1ccc(Cl)cc1Cl. The fourth-order valence-electron chi connectivity index (χ4n) is 3.66. The number of rotatable bonds is 4. The average molecular weight is 452 g/mol. The van der Waals surface area contributed by atoms with E-state index in [2.05, 4.69) is 29.7 Å². The number of benzene rings is 3. The molecule has 148 valence electrons. The smallest absolute Gasteiger partial charge is 0.0998 e. The Morgan fingerprint density at radius 2 is 1.70 bits per heavy atom. The van der Waals surface area contributed by atoms with Crippen molar-refractivity contribution in [2.45, 2.75) is 13.5 Å². The molecule has 5 heteroatoms. The Balaban J connectivity index is 1.89. The van der Waals surface area contributed by atoms with E-state index in [-0.39, 0.29) is 0 Å². The molecule has 0 unspecified atom stereocenters. The normalized spacial score (nSPS) is 11.6. The predicted molar refractivity (Wildman–Crippen MR) is 127 cm³/mol. The zero-order valence-corrected chi connectivity index (χ0v) is 18.4. The number of hydrogen-bond donors (Lipinski definition) is 0. The molecule has 4 rings (SSSR count). The van der Waals surface area contributed by atoms with Gasteiger partial charge in [-0.1, -0.05) is 77.3 Å². The molecule has 0 amide bonds. The molecule has 0 aliphatic heterocycles. The molecular formula is C25H17Cl3N2. The van der Waals surface area contributed by atoms with Crippen LogP contribution in [0.1, 0.15) is 22.4 Å². The second-order valence-electron chi connectivity index (χ2n) is 6.99. The number of nitriles is 1. The molecule has 0 spiro atoms. The lowest BCUT2D eigenvalue weighted by Crippen LogP contribution is -2.02. The minimum absolute atomic E-state index is 0.524. The number of nitrogens with zero attached hydrogens (tertiary/aromatic N) is 2. The van der Waals surface area contributed by atoms with Crippen molar-refractivity contribution in [2.24, 2.45) is 0 Å². The van der Waals surface area contributed by atoms with Crippen molar-refractivity contribution in [1.82, 2.24) is 4.57 Å². The van der Waals surface area contributed by atoms with Crippen LogP contribution in [0.25, 0.3) is 22.6 Å². The van der Waals surface area contributed by atoms with E-state index in [0.29, 0.717) is 27.2 Å². The summed E-state index contributed by atoms with van der Waals surface area (Å²) in [6, 6.07) is 23.4. The molecule has 1 aromatic heterocycles. The lowest BCUT2D eigenvalue weighted by molar-refractivity contribution is 0.804. The molecule has 1 heterocycles. The highest BCUT2D eigenvalue weighted by molar-refractivity contribution is 6.35. The van der Waals surface area contributed by atoms with Gasteiger partial charge in [0.15, 0.2) is 0 Å². The van der Waals surface area contributed by atoms with Gasteiger partial charge in [0.2, 0.25) is 0 Å². The van der Waals surface area contributed by atoms with Crippen LogP contribution >= 0.6 is 34.8 Å². The fourth-order valence-corrected chi connectivity index (χ4v) is 4.36. The van der Waals surface area contributed by atoms with E-state index in [0.717, 1.165) is 33.3 Å². The molecule has 0 aliphatic rings. The number of allylic oxidation sites excluding steroid dienone is 1. The highest BCUT2D eigenvalue weighted by Crippen LogP contribution is 2.33. The highest BCUT2D eigenvalue weighted by atomic mass is 35.5. The van der Waals surface area contributed by atoms with Crippen molar-refractivity contribution in [3.63, 3.8) is 0 Å².